The minimum absolute atomic E-state index is 0.000445. The summed E-state index contributed by atoms with van der Waals surface area (Å²) in [6.45, 7) is 1.12. The number of anilines is 2. The monoisotopic (exact) mass is 474 g/mol. The van der Waals surface area contributed by atoms with Crippen LogP contribution in [0.5, 0.6) is 5.75 Å². The van der Waals surface area contributed by atoms with Gasteiger partial charge in [0.15, 0.2) is 11.5 Å². The number of allylic oxidation sites excluding steroid dienone is 2. The van der Waals surface area contributed by atoms with Gasteiger partial charge < -0.3 is 20.7 Å². The Morgan fingerprint density at radius 3 is 2.77 bits per heavy atom. The Labute approximate surface area is 202 Å². The number of ether oxygens (including phenoxy) is 1. The van der Waals surface area contributed by atoms with E-state index in [2.05, 4.69) is 16.0 Å². The Balaban J connectivity index is 1.40. The van der Waals surface area contributed by atoms with Crippen LogP contribution in [0.2, 0.25) is 0 Å². The molecule has 0 radical (unpaired) electrons. The zero-order valence-corrected chi connectivity index (χ0v) is 19.3. The van der Waals surface area contributed by atoms with Crippen LogP contribution in [-0.2, 0) is 16.0 Å². The summed E-state index contributed by atoms with van der Waals surface area (Å²) >= 11 is 0. The lowest BCUT2D eigenvalue weighted by molar-refractivity contribution is -0.385. The van der Waals surface area contributed by atoms with Gasteiger partial charge in [-0.25, -0.2) is 0 Å². The number of methoxy groups -OCH3 is 1. The summed E-state index contributed by atoms with van der Waals surface area (Å²) in [4.78, 5) is 36.1. The molecule has 0 saturated heterocycles. The van der Waals surface area contributed by atoms with Crippen LogP contribution in [-0.4, -0.2) is 36.8 Å². The van der Waals surface area contributed by atoms with Crippen LogP contribution in [0, 0.1) is 16.0 Å². The standard InChI is InChI=1S/C26H26N4O5/c1-35-25-12-17(5-7-23(25)30(33)34)18-10-21-19(24(31)11-18)14-27-20-6-4-16(8-22(20)29-21)9-26(32)28-13-15-2-3-15/h4-8,10,12,15,27,29H,2-3,9,11,13-14H2,1H3,(H,28,32). The minimum atomic E-state index is -0.497. The van der Waals surface area contributed by atoms with Crippen LogP contribution in [0.4, 0.5) is 17.1 Å². The number of nitro groups is 1. The van der Waals surface area contributed by atoms with Crippen molar-refractivity contribution < 1.29 is 19.2 Å². The number of carbonyl (C=O) groups excluding carboxylic acids is 2. The predicted octanol–water partition coefficient (Wildman–Crippen LogP) is 3.82. The molecule has 1 amide bonds. The van der Waals surface area contributed by atoms with Gasteiger partial charge in [0.25, 0.3) is 0 Å². The summed E-state index contributed by atoms with van der Waals surface area (Å²) in [5, 5.41) is 20.9. The second-order valence-electron chi connectivity index (χ2n) is 9.09. The Bertz CT molecular complexity index is 1290. The maximum Gasteiger partial charge on any atom is 0.310 e. The number of amides is 1. The van der Waals surface area contributed by atoms with Crippen molar-refractivity contribution in [3.63, 3.8) is 0 Å². The van der Waals surface area contributed by atoms with E-state index < -0.39 is 4.92 Å². The summed E-state index contributed by atoms with van der Waals surface area (Å²) in [5.74, 6) is 0.747. The van der Waals surface area contributed by atoms with E-state index in [1.807, 2.05) is 24.3 Å². The van der Waals surface area contributed by atoms with Crippen LogP contribution in [0.3, 0.4) is 0 Å². The average Bonchev–Trinajstić information content (AvgIpc) is 3.68. The van der Waals surface area contributed by atoms with Crippen molar-refractivity contribution in [2.75, 3.05) is 30.8 Å². The molecule has 35 heavy (non-hydrogen) atoms. The van der Waals surface area contributed by atoms with Crippen molar-refractivity contribution in [2.45, 2.75) is 25.7 Å². The molecule has 0 unspecified atom stereocenters. The van der Waals surface area contributed by atoms with Gasteiger partial charge in [0.1, 0.15) is 0 Å². The quantitative estimate of drug-likeness (QED) is 0.412. The number of nitrogens with zero attached hydrogens (tertiary/aromatic N) is 1. The van der Waals surface area contributed by atoms with Gasteiger partial charge in [-0.15, -0.1) is 0 Å². The van der Waals surface area contributed by atoms with E-state index in [9.17, 15) is 19.7 Å². The largest absolute Gasteiger partial charge is 0.490 e. The lowest BCUT2D eigenvalue weighted by atomic mass is 9.90. The van der Waals surface area contributed by atoms with Gasteiger partial charge in [-0.3, -0.25) is 19.7 Å². The van der Waals surface area contributed by atoms with Gasteiger partial charge in [0.2, 0.25) is 5.91 Å². The van der Waals surface area contributed by atoms with Crippen LogP contribution in [0.25, 0.3) is 5.57 Å². The van der Waals surface area contributed by atoms with Gasteiger partial charge in [0, 0.05) is 36.8 Å². The Morgan fingerprint density at radius 2 is 2.03 bits per heavy atom. The minimum Gasteiger partial charge on any atom is -0.490 e. The highest BCUT2D eigenvalue weighted by Gasteiger charge is 2.27. The summed E-state index contributed by atoms with van der Waals surface area (Å²) in [7, 11) is 1.38. The molecule has 9 heteroatoms. The van der Waals surface area contributed by atoms with Crippen LogP contribution >= 0.6 is 0 Å². The second kappa shape index (κ2) is 9.25. The molecule has 2 aromatic carbocycles. The van der Waals surface area contributed by atoms with Crippen molar-refractivity contribution in [3.05, 3.63) is 75.0 Å². The molecule has 2 aromatic rings. The van der Waals surface area contributed by atoms with Gasteiger partial charge in [-0.05, 0) is 65.8 Å². The number of hydrogen-bond acceptors (Lipinski definition) is 7. The Kier molecular flexibility index (Phi) is 5.98. The lowest BCUT2D eigenvalue weighted by Crippen LogP contribution is -2.27. The predicted molar refractivity (Wildman–Crippen MR) is 132 cm³/mol. The van der Waals surface area contributed by atoms with E-state index in [1.54, 1.807) is 12.1 Å². The molecule has 0 spiro atoms. The normalized spacial score (nSPS) is 16.7. The molecule has 1 aliphatic heterocycles. The zero-order chi connectivity index (χ0) is 24.5. The Hall–Kier alpha value is -4.14. The molecule has 0 aromatic heterocycles. The summed E-state index contributed by atoms with van der Waals surface area (Å²) in [6, 6.07) is 10.4. The third kappa shape index (κ3) is 4.89. The van der Waals surface area contributed by atoms with E-state index in [-0.39, 0.29) is 36.0 Å². The molecule has 180 valence electrons. The van der Waals surface area contributed by atoms with E-state index >= 15 is 0 Å². The SMILES string of the molecule is COc1cc(C2=CC3=C(CNc4ccc(CC(=O)NCC5CC5)cc4N3)C(=O)C2)ccc1[N+](=O)[O-]. The fourth-order valence-electron chi connectivity index (χ4n) is 4.38. The third-order valence-electron chi connectivity index (χ3n) is 6.54. The number of carbonyl (C=O) groups is 2. The number of ketones is 1. The fraction of sp³-hybridized carbons (Fsp3) is 0.308. The smallest absolute Gasteiger partial charge is 0.310 e. The first-order valence-corrected chi connectivity index (χ1v) is 11.6. The van der Waals surface area contributed by atoms with Gasteiger partial charge in [-0.1, -0.05) is 6.07 Å². The molecule has 1 fully saturated rings. The highest BCUT2D eigenvalue weighted by molar-refractivity contribution is 6.07. The molecule has 0 atom stereocenters. The summed E-state index contributed by atoms with van der Waals surface area (Å²) < 4.78 is 5.19. The maximum absolute atomic E-state index is 13.0. The van der Waals surface area contributed by atoms with Crippen LogP contribution in [0.15, 0.2) is 53.7 Å². The first-order valence-electron chi connectivity index (χ1n) is 11.6. The molecule has 3 aliphatic rings. The second-order valence-corrected chi connectivity index (χ2v) is 9.09. The number of benzene rings is 2. The highest BCUT2D eigenvalue weighted by atomic mass is 16.6. The van der Waals surface area contributed by atoms with E-state index in [0.717, 1.165) is 29.1 Å². The van der Waals surface area contributed by atoms with Crippen molar-refractivity contribution in [1.82, 2.24) is 5.32 Å². The average molecular weight is 475 g/mol. The molecule has 2 aliphatic carbocycles. The zero-order valence-electron chi connectivity index (χ0n) is 19.3. The first-order chi connectivity index (χ1) is 16.9. The van der Waals surface area contributed by atoms with Gasteiger partial charge >= 0.3 is 5.69 Å². The van der Waals surface area contributed by atoms with E-state index in [0.29, 0.717) is 29.3 Å². The van der Waals surface area contributed by atoms with Crippen molar-refractivity contribution in [3.8, 4) is 5.75 Å². The summed E-state index contributed by atoms with van der Waals surface area (Å²) in [6.07, 6.45) is 4.76. The molecule has 3 N–H and O–H groups in total. The van der Waals surface area contributed by atoms with E-state index in [4.69, 9.17) is 4.74 Å². The number of hydrogen-bond donors (Lipinski definition) is 3. The number of nitro benzene ring substituents is 1. The molecular formula is C26H26N4O5. The molecule has 9 nitrogen and oxygen atoms in total. The highest BCUT2D eigenvalue weighted by Crippen LogP contribution is 2.37. The third-order valence-corrected chi connectivity index (χ3v) is 6.54. The van der Waals surface area contributed by atoms with E-state index in [1.165, 1.54) is 26.0 Å². The maximum atomic E-state index is 13.0. The van der Waals surface area contributed by atoms with Gasteiger partial charge in [0.05, 0.1) is 29.8 Å². The van der Waals surface area contributed by atoms with Crippen LogP contribution in [0.1, 0.15) is 30.4 Å². The fourth-order valence-corrected chi connectivity index (χ4v) is 4.38. The van der Waals surface area contributed by atoms with Crippen molar-refractivity contribution >= 4 is 34.3 Å². The lowest BCUT2D eigenvalue weighted by Gasteiger charge is -2.19. The molecule has 0 bridgehead atoms. The Morgan fingerprint density at radius 1 is 1.20 bits per heavy atom. The number of Topliss-reactive ketones (excluding diaryl/α,β-unsaturated/α-hetero) is 1. The topological polar surface area (TPSA) is 123 Å². The van der Waals surface area contributed by atoms with Crippen molar-refractivity contribution in [2.24, 2.45) is 5.92 Å². The molecular weight excluding hydrogens is 448 g/mol. The van der Waals surface area contributed by atoms with Crippen LogP contribution < -0.4 is 20.7 Å². The first kappa shape index (κ1) is 22.6. The molecule has 5 rings (SSSR count). The number of nitrogens with one attached hydrogen (secondary N) is 3. The summed E-state index contributed by atoms with van der Waals surface area (Å²) in [5.41, 5.74) is 5.13. The number of fused-ring (bicyclic) bond motifs is 1. The molecule has 1 saturated carbocycles. The number of rotatable bonds is 7. The molecule has 1 heterocycles. The van der Waals surface area contributed by atoms with Crippen molar-refractivity contribution in [1.29, 1.82) is 0 Å². The van der Waals surface area contributed by atoms with Gasteiger partial charge in [-0.2, -0.15) is 0 Å².